The summed E-state index contributed by atoms with van der Waals surface area (Å²) in [5.74, 6) is 0.997. The van der Waals surface area contributed by atoms with Crippen LogP contribution in [0.15, 0.2) is 66.7 Å². The molecule has 0 aliphatic heterocycles. The molecule has 0 bridgehead atoms. The van der Waals surface area contributed by atoms with Crippen molar-refractivity contribution >= 4 is 21.6 Å². The topological polar surface area (TPSA) is 75.7 Å². The van der Waals surface area contributed by atoms with Gasteiger partial charge in [0.15, 0.2) is 0 Å². The number of methoxy groups -OCH3 is 1. The molecule has 0 saturated carbocycles. The Morgan fingerprint density at radius 3 is 2.11 bits per heavy atom. The SMILES string of the molecule is COc1ccc([C@H](CC(C)C)NC(=O)c2ccc(CN(c3ccc(C)c(C)c3)S(C)(=O)=O)cc2)cc1. The maximum absolute atomic E-state index is 13.1. The number of aryl methyl sites for hydroxylation is 2. The zero-order valence-corrected chi connectivity index (χ0v) is 22.7. The van der Waals surface area contributed by atoms with Crippen molar-refractivity contribution in [2.24, 2.45) is 5.92 Å². The van der Waals surface area contributed by atoms with Crippen LogP contribution in [0, 0.1) is 19.8 Å². The zero-order chi connectivity index (χ0) is 26.5. The molecular weight excluding hydrogens is 472 g/mol. The lowest BCUT2D eigenvalue weighted by Gasteiger charge is -2.24. The van der Waals surface area contributed by atoms with E-state index in [-0.39, 0.29) is 18.5 Å². The van der Waals surface area contributed by atoms with E-state index in [2.05, 4.69) is 19.2 Å². The molecule has 3 aromatic carbocycles. The Balaban J connectivity index is 1.77. The van der Waals surface area contributed by atoms with Crippen molar-refractivity contribution in [1.29, 1.82) is 0 Å². The lowest BCUT2D eigenvalue weighted by molar-refractivity contribution is 0.0932. The Kier molecular flexibility index (Phi) is 8.79. The third kappa shape index (κ3) is 7.10. The van der Waals surface area contributed by atoms with Crippen LogP contribution in [0.3, 0.4) is 0 Å². The molecule has 36 heavy (non-hydrogen) atoms. The molecule has 0 saturated heterocycles. The number of rotatable bonds is 10. The number of nitrogens with zero attached hydrogens (tertiary/aromatic N) is 1. The maximum Gasteiger partial charge on any atom is 0.251 e. The standard InChI is InChI=1S/C29H36N2O4S/c1-20(2)17-28(24-12-15-27(35-5)16-13-24)30-29(32)25-10-8-23(9-11-25)19-31(36(6,33)34)26-14-7-21(3)22(4)18-26/h7-16,18,20,28H,17,19H2,1-6H3,(H,30,32)/t28-/m0/s1. The fraction of sp³-hybridized carbons (Fsp3) is 0.345. The van der Waals surface area contributed by atoms with Gasteiger partial charge in [-0.1, -0.05) is 44.2 Å². The van der Waals surface area contributed by atoms with E-state index in [0.29, 0.717) is 17.2 Å². The largest absolute Gasteiger partial charge is 0.497 e. The number of anilines is 1. The fourth-order valence-corrected chi connectivity index (χ4v) is 4.92. The summed E-state index contributed by atoms with van der Waals surface area (Å²) < 4.78 is 31.7. The highest BCUT2D eigenvalue weighted by Gasteiger charge is 2.20. The summed E-state index contributed by atoms with van der Waals surface area (Å²) in [6.45, 7) is 8.39. The van der Waals surface area contributed by atoms with Crippen LogP contribution >= 0.6 is 0 Å². The summed E-state index contributed by atoms with van der Waals surface area (Å²) in [4.78, 5) is 13.1. The van der Waals surface area contributed by atoms with E-state index in [1.807, 2.05) is 56.3 Å². The zero-order valence-electron chi connectivity index (χ0n) is 21.9. The van der Waals surface area contributed by atoms with Gasteiger partial charge in [0.1, 0.15) is 5.75 Å². The number of amides is 1. The van der Waals surface area contributed by atoms with Gasteiger partial charge >= 0.3 is 0 Å². The lowest BCUT2D eigenvalue weighted by Crippen LogP contribution is -2.30. The van der Waals surface area contributed by atoms with Gasteiger partial charge < -0.3 is 10.1 Å². The van der Waals surface area contributed by atoms with Gasteiger partial charge in [-0.2, -0.15) is 0 Å². The highest BCUT2D eigenvalue weighted by molar-refractivity contribution is 7.92. The smallest absolute Gasteiger partial charge is 0.251 e. The Hall–Kier alpha value is -3.32. The summed E-state index contributed by atoms with van der Waals surface area (Å²) in [5.41, 5.74) is 5.10. The number of carbonyl (C=O) groups excluding carboxylic acids is 1. The normalized spacial score (nSPS) is 12.3. The van der Waals surface area contributed by atoms with Crippen molar-refractivity contribution in [2.75, 3.05) is 17.7 Å². The molecule has 0 aliphatic carbocycles. The van der Waals surface area contributed by atoms with E-state index in [1.165, 1.54) is 10.6 Å². The van der Waals surface area contributed by atoms with Crippen LogP contribution in [0.25, 0.3) is 0 Å². The van der Waals surface area contributed by atoms with E-state index in [4.69, 9.17) is 4.74 Å². The van der Waals surface area contributed by atoms with Crippen LogP contribution < -0.4 is 14.4 Å². The summed E-state index contributed by atoms with van der Waals surface area (Å²) >= 11 is 0. The quantitative estimate of drug-likeness (QED) is 0.376. The van der Waals surface area contributed by atoms with Crippen molar-refractivity contribution in [3.05, 3.63) is 94.5 Å². The average molecular weight is 509 g/mol. The van der Waals surface area contributed by atoms with Gasteiger partial charge in [0, 0.05) is 5.56 Å². The molecule has 0 aromatic heterocycles. The van der Waals surface area contributed by atoms with Gasteiger partial charge in [-0.05, 0) is 84.8 Å². The first kappa shape index (κ1) is 27.3. The minimum absolute atomic E-state index is 0.131. The maximum atomic E-state index is 13.1. The predicted molar refractivity (Wildman–Crippen MR) is 146 cm³/mol. The molecule has 0 fully saturated rings. The van der Waals surface area contributed by atoms with E-state index in [0.717, 1.165) is 34.4 Å². The number of nitrogens with one attached hydrogen (secondary N) is 1. The lowest BCUT2D eigenvalue weighted by atomic mass is 9.96. The highest BCUT2D eigenvalue weighted by Crippen LogP contribution is 2.25. The van der Waals surface area contributed by atoms with E-state index < -0.39 is 10.0 Å². The molecule has 3 rings (SSSR count). The number of hydrogen-bond acceptors (Lipinski definition) is 4. The first-order valence-electron chi connectivity index (χ1n) is 12.1. The van der Waals surface area contributed by atoms with Gasteiger partial charge in [-0.25, -0.2) is 8.42 Å². The Morgan fingerprint density at radius 1 is 0.944 bits per heavy atom. The molecule has 0 aliphatic rings. The Labute approximate surface area is 215 Å². The van der Waals surface area contributed by atoms with E-state index in [1.54, 1.807) is 31.4 Å². The summed E-state index contributed by atoms with van der Waals surface area (Å²) in [6.07, 6.45) is 2.01. The molecular formula is C29H36N2O4S. The van der Waals surface area contributed by atoms with Crippen LogP contribution in [0.1, 0.15) is 58.9 Å². The second kappa shape index (κ2) is 11.6. The molecule has 6 nitrogen and oxygen atoms in total. The number of hydrogen-bond donors (Lipinski definition) is 1. The number of ether oxygens (including phenoxy) is 1. The predicted octanol–water partition coefficient (Wildman–Crippen LogP) is 5.80. The van der Waals surface area contributed by atoms with Gasteiger partial charge in [-0.15, -0.1) is 0 Å². The van der Waals surface area contributed by atoms with Crippen LogP contribution in [0.5, 0.6) is 5.75 Å². The monoisotopic (exact) mass is 508 g/mol. The second-order valence-electron chi connectivity index (χ2n) is 9.66. The minimum atomic E-state index is -3.49. The summed E-state index contributed by atoms with van der Waals surface area (Å²) in [7, 11) is -1.86. The molecule has 1 N–H and O–H groups in total. The van der Waals surface area contributed by atoms with Gasteiger partial charge in [0.05, 0.1) is 31.6 Å². The Morgan fingerprint density at radius 2 is 1.58 bits per heavy atom. The van der Waals surface area contributed by atoms with Gasteiger partial charge in [0.25, 0.3) is 5.91 Å². The molecule has 0 heterocycles. The average Bonchev–Trinajstić information content (AvgIpc) is 2.83. The molecule has 3 aromatic rings. The van der Waals surface area contributed by atoms with Crippen molar-refractivity contribution in [2.45, 2.75) is 46.7 Å². The van der Waals surface area contributed by atoms with E-state index in [9.17, 15) is 13.2 Å². The van der Waals surface area contributed by atoms with E-state index >= 15 is 0 Å². The Bertz CT molecular complexity index is 1280. The fourth-order valence-electron chi connectivity index (χ4n) is 4.04. The van der Waals surface area contributed by atoms with Gasteiger partial charge in [-0.3, -0.25) is 9.10 Å². The van der Waals surface area contributed by atoms with Crippen LogP contribution in [-0.4, -0.2) is 27.7 Å². The third-order valence-electron chi connectivity index (χ3n) is 6.25. The summed E-state index contributed by atoms with van der Waals surface area (Å²) in [6, 6.07) is 20.3. The van der Waals surface area contributed by atoms with Gasteiger partial charge in [0.2, 0.25) is 10.0 Å². The van der Waals surface area contributed by atoms with Crippen molar-refractivity contribution < 1.29 is 17.9 Å². The minimum Gasteiger partial charge on any atom is -0.497 e. The molecule has 0 spiro atoms. The first-order valence-corrected chi connectivity index (χ1v) is 13.9. The van der Waals surface area contributed by atoms with Crippen molar-refractivity contribution in [1.82, 2.24) is 5.32 Å². The van der Waals surface area contributed by atoms with Crippen LogP contribution in [0.2, 0.25) is 0 Å². The number of carbonyl (C=O) groups is 1. The number of sulfonamides is 1. The second-order valence-corrected chi connectivity index (χ2v) is 11.6. The van der Waals surface area contributed by atoms with Crippen molar-refractivity contribution in [3.8, 4) is 5.75 Å². The molecule has 1 atom stereocenters. The number of benzene rings is 3. The highest BCUT2D eigenvalue weighted by atomic mass is 32.2. The van der Waals surface area contributed by atoms with Crippen LogP contribution in [-0.2, 0) is 16.6 Å². The summed E-state index contributed by atoms with van der Waals surface area (Å²) in [5, 5.41) is 3.15. The molecule has 192 valence electrons. The first-order chi connectivity index (χ1) is 17.0. The molecule has 1 amide bonds. The molecule has 0 unspecified atom stereocenters. The van der Waals surface area contributed by atoms with Crippen LogP contribution in [0.4, 0.5) is 5.69 Å². The van der Waals surface area contributed by atoms with Crippen molar-refractivity contribution in [3.63, 3.8) is 0 Å². The molecule has 0 radical (unpaired) electrons. The molecule has 7 heteroatoms. The third-order valence-corrected chi connectivity index (χ3v) is 7.39.